The van der Waals surface area contributed by atoms with Crippen LogP contribution in [0.5, 0.6) is 0 Å². The smallest absolute Gasteiger partial charge is 0.329 e. The van der Waals surface area contributed by atoms with Gasteiger partial charge < -0.3 is 15.7 Å². The highest BCUT2D eigenvalue weighted by Gasteiger charge is 2.37. The summed E-state index contributed by atoms with van der Waals surface area (Å²) in [5, 5.41) is 14.1. The zero-order chi connectivity index (χ0) is 13.1. The molecule has 1 aliphatic heterocycles. The molecule has 1 unspecified atom stereocenters. The number of carboxylic acids is 1. The maximum absolute atomic E-state index is 11.8. The lowest BCUT2D eigenvalue weighted by Gasteiger charge is -2.27. The Kier molecular flexibility index (Phi) is 4.09. The maximum Gasteiger partial charge on any atom is 0.329 e. The number of amides is 2. The maximum atomic E-state index is 11.8. The largest absolute Gasteiger partial charge is 0.480 e. The Morgan fingerprint density at radius 2 is 2.24 bits per heavy atom. The van der Waals surface area contributed by atoms with Gasteiger partial charge in [-0.3, -0.25) is 9.59 Å². The third kappa shape index (κ3) is 3.18. The van der Waals surface area contributed by atoms with Gasteiger partial charge in [0.1, 0.15) is 11.6 Å². The number of rotatable bonds is 5. The van der Waals surface area contributed by atoms with Gasteiger partial charge >= 0.3 is 5.97 Å². The van der Waals surface area contributed by atoms with Crippen LogP contribution in [0, 0.1) is 0 Å². The zero-order valence-corrected chi connectivity index (χ0v) is 10.1. The molecular formula is C11H18N2O4. The summed E-state index contributed by atoms with van der Waals surface area (Å²) in [6, 6.07) is -0.599. The van der Waals surface area contributed by atoms with Crippen molar-refractivity contribution in [1.82, 2.24) is 10.6 Å². The Bertz CT molecular complexity index is 342. The molecule has 0 bridgehead atoms. The molecule has 0 spiro atoms. The number of hydrogen-bond acceptors (Lipinski definition) is 3. The molecule has 17 heavy (non-hydrogen) atoms. The highest BCUT2D eigenvalue weighted by molar-refractivity contribution is 5.93. The van der Waals surface area contributed by atoms with Crippen molar-refractivity contribution >= 4 is 17.8 Å². The van der Waals surface area contributed by atoms with Gasteiger partial charge in [0.2, 0.25) is 11.8 Å². The van der Waals surface area contributed by atoms with Crippen LogP contribution in [-0.2, 0) is 14.4 Å². The van der Waals surface area contributed by atoms with Crippen LogP contribution in [0.1, 0.15) is 39.5 Å². The van der Waals surface area contributed by atoms with Crippen LogP contribution in [0.15, 0.2) is 0 Å². The van der Waals surface area contributed by atoms with Gasteiger partial charge in [-0.15, -0.1) is 0 Å². The molecular weight excluding hydrogens is 224 g/mol. The van der Waals surface area contributed by atoms with E-state index in [0.717, 1.165) is 0 Å². The molecule has 2 atom stereocenters. The number of carbonyl (C=O) groups excluding carboxylic acids is 2. The molecule has 0 radical (unpaired) electrons. The van der Waals surface area contributed by atoms with Crippen LogP contribution in [0.2, 0.25) is 0 Å². The topological polar surface area (TPSA) is 95.5 Å². The molecule has 0 aliphatic carbocycles. The van der Waals surface area contributed by atoms with Gasteiger partial charge in [0.25, 0.3) is 0 Å². The van der Waals surface area contributed by atoms with Crippen molar-refractivity contribution in [2.24, 2.45) is 0 Å². The van der Waals surface area contributed by atoms with Crippen molar-refractivity contribution in [1.29, 1.82) is 0 Å². The Morgan fingerprint density at radius 3 is 2.65 bits per heavy atom. The average molecular weight is 242 g/mol. The Hall–Kier alpha value is -1.59. The van der Waals surface area contributed by atoms with Gasteiger partial charge in [0.15, 0.2) is 0 Å². The number of carbonyl (C=O) groups is 3. The van der Waals surface area contributed by atoms with Gasteiger partial charge in [-0.1, -0.05) is 13.3 Å². The lowest BCUT2D eigenvalue weighted by molar-refractivity contribution is -0.147. The summed E-state index contributed by atoms with van der Waals surface area (Å²) >= 11 is 0. The third-order valence-corrected chi connectivity index (χ3v) is 2.93. The first-order valence-electron chi connectivity index (χ1n) is 5.74. The van der Waals surface area contributed by atoms with E-state index in [1.807, 2.05) is 6.92 Å². The van der Waals surface area contributed by atoms with Gasteiger partial charge in [0.05, 0.1) is 0 Å². The fourth-order valence-electron chi connectivity index (χ4n) is 1.89. The molecule has 6 heteroatoms. The third-order valence-electron chi connectivity index (χ3n) is 2.93. The van der Waals surface area contributed by atoms with Crippen LogP contribution in [-0.4, -0.2) is 34.5 Å². The van der Waals surface area contributed by atoms with Crippen LogP contribution in [0.25, 0.3) is 0 Å². The zero-order valence-electron chi connectivity index (χ0n) is 10.1. The summed E-state index contributed by atoms with van der Waals surface area (Å²) in [5.74, 6) is -1.65. The molecule has 1 rings (SSSR count). The lowest BCUT2D eigenvalue weighted by atomic mass is 9.95. The molecule has 1 aliphatic rings. The van der Waals surface area contributed by atoms with Gasteiger partial charge in [-0.25, -0.2) is 4.79 Å². The second-order valence-corrected chi connectivity index (χ2v) is 4.54. The van der Waals surface area contributed by atoms with Gasteiger partial charge in [0, 0.05) is 6.42 Å². The summed E-state index contributed by atoms with van der Waals surface area (Å²) in [6.45, 7) is 3.33. The minimum absolute atomic E-state index is 0.169. The first kappa shape index (κ1) is 13.5. The van der Waals surface area contributed by atoms with E-state index >= 15 is 0 Å². The number of hydrogen-bond donors (Lipinski definition) is 3. The molecule has 0 aromatic carbocycles. The molecule has 1 saturated heterocycles. The number of nitrogens with one attached hydrogen (secondary N) is 2. The second kappa shape index (κ2) is 5.16. The van der Waals surface area contributed by atoms with Crippen LogP contribution in [0.3, 0.4) is 0 Å². The molecule has 6 nitrogen and oxygen atoms in total. The van der Waals surface area contributed by atoms with Crippen LogP contribution < -0.4 is 10.6 Å². The molecule has 0 aromatic heterocycles. The second-order valence-electron chi connectivity index (χ2n) is 4.54. The summed E-state index contributed by atoms with van der Waals surface area (Å²) in [6.07, 6.45) is 1.75. The van der Waals surface area contributed by atoms with E-state index in [1.54, 1.807) is 0 Å². The first-order valence-corrected chi connectivity index (χ1v) is 5.74. The van der Waals surface area contributed by atoms with E-state index in [-0.39, 0.29) is 5.91 Å². The lowest BCUT2D eigenvalue weighted by Crippen LogP contribution is -2.56. The van der Waals surface area contributed by atoms with Gasteiger partial charge in [-0.05, 0) is 19.8 Å². The van der Waals surface area contributed by atoms with Crippen molar-refractivity contribution in [2.75, 3.05) is 0 Å². The van der Waals surface area contributed by atoms with Crippen LogP contribution >= 0.6 is 0 Å². The van der Waals surface area contributed by atoms with Crippen molar-refractivity contribution < 1.29 is 19.5 Å². The highest BCUT2D eigenvalue weighted by Crippen LogP contribution is 2.14. The molecule has 1 heterocycles. The molecule has 3 N–H and O–H groups in total. The highest BCUT2D eigenvalue weighted by atomic mass is 16.4. The summed E-state index contributed by atoms with van der Waals surface area (Å²) in [5.41, 5.74) is -1.26. The van der Waals surface area contributed by atoms with Gasteiger partial charge in [-0.2, -0.15) is 0 Å². The van der Waals surface area contributed by atoms with Crippen molar-refractivity contribution in [3.63, 3.8) is 0 Å². The van der Waals surface area contributed by atoms with Crippen LogP contribution in [0.4, 0.5) is 0 Å². The molecule has 2 amide bonds. The fraction of sp³-hybridized carbons (Fsp3) is 0.727. The minimum Gasteiger partial charge on any atom is -0.480 e. The van der Waals surface area contributed by atoms with Crippen molar-refractivity contribution in [2.45, 2.75) is 51.1 Å². The summed E-state index contributed by atoms with van der Waals surface area (Å²) in [7, 11) is 0. The Balaban J connectivity index is 2.64. The minimum atomic E-state index is -1.26. The number of carboxylic acid groups (broad SMARTS) is 1. The first-order chi connectivity index (χ1) is 7.89. The SMILES string of the molecule is CCCC(C)(NC(=O)[C@H]1CCC(=O)N1)C(=O)O. The standard InChI is InChI=1S/C11H18N2O4/c1-3-6-11(2,10(16)17)13-9(15)7-4-5-8(14)12-7/h7H,3-6H2,1-2H3,(H,12,14)(H,13,15)(H,16,17)/t7-,11?/m1/s1. The molecule has 96 valence electrons. The number of aliphatic carboxylic acids is 1. The van der Waals surface area contributed by atoms with E-state index in [2.05, 4.69) is 10.6 Å². The average Bonchev–Trinajstić information content (AvgIpc) is 2.65. The Morgan fingerprint density at radius 1 is 1.59 bits per heavy atom. The summed E-state index contributed by atoms with van der Waals surface area (Å²) < 4.78 is 0. The van der Waals surface area contributed by atoms with Crippen molar-refractivity contribution in [3.8, 4) is 0 Å². The predicted octanol–water partition coefficient (Wildman–Crippen LogP) is 0.0246. The Labute approximate surface area is 99.8 Å². The molecule has 0 aromatic rings. The quantitative estimate of drug-likeness (QED) is 0.633. The van der Waals surface area contributed by atoms with E-state index in [9.17, 15) is 14.4 Å². The monoisotopic (exact) mass is 242 g/mol. The normalized spacial score (nSPS) is 22.7. The van der Waals surface area contributed by atoms with E-state index in [4.69, 9.17) is 5.11 Å². The fourth-order valence-corrected chi connectivity index (χ4v) is 1.89. The van der Waals surface area contributed by atoms with E-state index in [1.165, 1.54) is 6.92 Å². The molecule has 0 saturated carbocycles. The van der Waals surface area contributed by atoms with E-state index < -0.39 is 23.5 Å². The predicted molar refractivity (Wildman–Crippen MR) is 60.3 cm³/mol. The molecule has 1 fully saturated rings. The van der Waals surface area contributed by atoms with Crippen molar-refractivity contribution in [3.05, 3.63) is 0 Å². The van der Waals surface area contributed by atoms with E-state index in [0.29, 0.717) is 25.7 Å². The summed E-state index contributed by atoms with van der Waals surface area (Å²) in [4.78, 5) is 33.9.